The van der Waals surface area contributed by atoms with Gasteiger partial charge in [0.15, 0.2) is 0 Å². The lowest BCUT2D eigenvalue weighted by Crippen LogP contribution is -2.16. The number of aromatic carboxylic acids is 1. The zero-order chi connectivity index (χ0) is 10.3. The van der Waals surface area contributed by atoms with Crippen LogP contribution in [0.25, 0.3) is 0 Å². The highest BCUT2D eigenvalue weighted by atomic mass is 16.4. The number of hydrogen-bond donors (Lipinski definition) is 3. The molecule has 0 bridgehead atoms. The summed E-state index contributed by atoms with van der Waals surface area (Å²) in [5.41, 5.74) is 0.455. The van der Waals surface area contributed by atoms with Crippen LogP contribution in [0.5, 0.6) is 5.88 Å². The summed E-state index contributed by atoms with van der Waals surface area (Å²) in [4.78, 5) is 24.2. The Balaban J connectivity index is 2.78. The van der Waals surface area contributed by atoms with Gasteiger partial charge in [0.1, 0.15) is 5.56 Å². The molecule has 0 amide bonds. The van der Waals surface area contributed by atoms with Crippen molar-refractivity contribution in [2.24, 2.45) is 0 Å². The van der Waals surface area contributed by atoms with E-state index in [1.165, 1.54) is 0 Å². The Morgan fingerprint density at radius 2 is 1.93 bits per heavy atom. The summed E-state index contributed by atoms with van der Waals surface area (Å²) in [7, 11) is 0. The van der Waals surface area contributed by atoms with Crippen molar-refractivity contribution >= 4 is 5.97 Å². The normalized spacial score (nSPS) is 14.0. The molecule has 0 saturated carbocycles. The molecule has 1 heterocycles. The Bertz CT molecular complexity index is 461. The Labute approximate surface area is 79.0 Å². The fourth-order valence-electron chi connectivity index (χ4n) is 1.89. The summed E-state index contributed by atoms with van der Waals surface area (Å²) in [6.07, 6.45) is 1.90. The van der Waals surface area contributed by atoms with E-state index in [4.69, 9.17) is 5.11 Å². The van der Waals surface area contributed by atoms with E-state index in [0.717, 1.165) is 6.42 Å². The van der Waals surface area contributed by atoms with Crippen LogP contribution in [-0.4, -0.2) is 21.2 Å². The first-order chi connectivity index (χ1) is 6.61. The molecule has 0 fully saturated rings. The lowest BCUT2D eigenvalue weighted by molar-refractivity contribution is 0.0691. The van der Waals surface area contributed by atoms with Gasteiger partial charge in [-0.2, -0.15) is 0 Å². The second-order valence-corrected chi connectivity index (χ2v) is 3.29. The summed E-state index contributed by atoms with van der Waals surface area (Å²) >= 11 is 0. The number of carboxylic acids is 1. The predicted molar refractivity (Wildman–Crippen MR) is 47.7 cm³/mol. The molecule has 2 rings (SSSR count). The molecule has 3 N–H and O–H groups in total. The van der Waals surface area contributed by atoms with Crippen LogP contribution in [0.4, 0.5) is 0 Å². The third kappa shape index (κ3) is 1.09. The molecule has 0 unspecified atom stereocenters. The number of aromatic amines is 1. The van der Waals surface area contributed by atoms with Crippen molar-refractivity contribution in [3.8, 4) is 5.88 Å². The van der Waals surface area contributed by atoms with Gasteiger partial charge in [0.2, 0.25) is 5.88 Å². The molecular formula is C9H9NO4. The molecular weight excluding hydrogens is 186 g/mol. The van der Waals surface area contributed by atoms with Crippen LogP contribution in [0, 0.1) is 0 Å². The average molecular weight is 195 g/mol. The van der Waals surface area contributed by atoms with Crippen molar-refractivity contribution < 1.29 is 15.0 Å². The monoisotopic (exact) mass is 195 g/mol. The van der Waals surface area contributed by atoms with E-state index in [-0.39, 0.29) is 11.1 Å². The standard InChI is InChI=1S/C9H9NO4/c11-7-5-3-1-2-4(5)6(9(13)14)8(12)10-7/h1-3H2,(H,13,14)(H2,10,11,12). The minimum atomic E-state index is -1.20. The van der Waals surface area contributed by atoms with Crippen LogP contribution in [-0.2, 0) is 12.8 Å². The van der Waals surface area contributed by atoms with Crippen molar-refractivity contribution in [1.29, 1.82) is 0 Å². The first-order valence-corrected chi connectivity index (χ1v) is 4.31. The molecule has 1 aliphatic rings. The number of nitrogens with one attached hydrogen (secondary N) is 1. The van der Waals surface area contributed by atoms with Gasteiger partial charge in [0.25, 0.3) is 5.56 Å². The Hall–Kier alpha value is -1.78. The van der Waals surface area contributed by atoms with Gasteiger partial charge in [-0.3, -0.25) is 9.78 Å². The first-order valence-electron chi connectivity index (χ1n) is 4.31. The number of pyridine rings is 1. The van der Waals surface area contributed by atoms with Gasteiger partial charge >= 0.3 is 5.97 Å². The highest BCUT2D eigenvalue weighted by Crippen LogP contribution is 2.26. The van der Waals surface area contributed by atoms with Crippen LogP contribution >= 0.6 is 0 Å². The minimum Gasteiger partial charge on any atom is -0.494 e. The number of aromatic nitrogens is 1. The van der Waals surface area contributed by atoms with Gasteiger partial charge in [0, 0.05) is 5.56 Å². The Morgan fingerprint density at radius 3 is 2.57 bits per heavy atom. The molecule has 1 aromatic heterocycles. The SMILES string of the molecule is O=C(O)c1c(O)[nH]c(=O)c2c1CCC2. The molecule has 1 aliphatic carbocycles. The van der Waals surface area contributed by atoms with E-state index in [1.54, 1.807) is 0 Å². The van der Waals surface area contributed by atoms with E-state index >= 15 is 0 Å². The molecule has 5 nitrogen and oxygen atoms in total. The van der Waals surface area contributed by atoms with Gasteiger partial charge in [-0.1, -0.05) is 0 Å². The van der Waals surface area contributed by atoms with E-state index in [1.807, 2.05) is 0 Å². The topological polar surface area (TPSA) is 90.4 Å². The maximum Gasteiger partial charge on any atom is 0.341 e. The lowest BCUT2D eigenvalue weighted by atomic mass is 10.1. The van der Waals surface area contributed by atoms with E-state index in [9.17, 15) is 14.7 Å². The van der Waals surface area contributed by atoms with Crippen molar-refractivity contribution in [3.63, 3.8) is 0 Å². The van der Waals surface area contributed by atoms with Gasteiger partial charge in [0.05, 0.1) is 0 Å². The molecule has 0 radical (unpaired) electrons. The molecule has 0 aliphatic heterocycles. The summed E-state index contributed by atoms with van der Waals surface area (Å²) < 4.78 is 0. The summed E-state index contributed by atoms with van der Waals surface area (Å²) in [6, 6.07) is 0. The van der Waals surface area contributed by atoms with E-state index < -0.39 is 11.8 Å². The highest BCUT2D eigenvalue weighted by molar-refractivity contribution is 5.92. The van der Waals surface area contributed by atoms with Crippen molar-refractivity contribution in [2.45, 2.75) is 19.3 Å². The van der Waals surface area contributed by atoms with Crippen LogP contribution in [0.2, 0.25) is 0 Å². The molecule has 14 heavy (non-hydrogen) atoms. The van der Waals surface area contributed by atoms with Crippen LogP contribution in [0.1, 0.15) is 27.9 Å². The van der Waals surface area contributed by atoms with Gasteiger partial charge in [-0.05, 0) is 24.8 Å². The second-order valence-electron chi connectivity index (χ2n) is 3.29. The number of H-pyrrole nitrogens is 1. The fraction of sp³-hybridized carbons (Fsp3) is 0.333. The number of aromatic hydroxyl groups is 1. The highest BCUT2D eigenvalue weighted by Gasteiger charge is 2.25. The minimum absolute atomic E-state index is 0.155. The summed E-state index contributed by atoms with van der Waals surface area (Å²) in [6.45, 7) is 0. The van der Waals surface area contributed by atoms with Gasteiger partial charge < -0.3 is 10.2 Å². The third-order valence-corrected chi connectivity index (χ3v) is 2.48. The second kappa shape index (κ2) is 2.87. The molecule has 74 valence electrons. The smallest absolute Gasteiger partial charge is 0.341 e. The summed E-state index contributed by atoms with van der Waals surface area (Å²) in [5, 5.41) is 18.1. The van der Waals surface area contributed by atoms with Crippen LogP contribution < -0.4 is 5.56 Å². The number of hydrogen-bond acceptors (Lipinski definition) is 3. The van der Waals surface area contributed by atoms with Crippen LogP contribution in [0.3, 0.4) is 0 Å². The quantitative estimate of drug-likeness (QED) is 0.599. The maximum absolute atomic E-state index is 11.3. The number of carbonyl (C=O) groups is 1. The molecule has 5 heteroatoms. The largest absolute Gasteiger partial charge is 0.494 e. The average Bonchev–Trinajstić information content (AvgIpc) is 2.51. The molecule has 0 spiro atoms. The third-order valence-electron chi connectivity index (χ3n) is 2.48. The van der Waals surface area contributed by atoms with E-state index in [0.29, 0.717) is 24.0 Å². The summed E-state index contributed by atoms with van der Waals surface area (Å²) in [5.74, 6) is -1.74. The van der Waals surface area contributed by atoms with E-state index in [2.05, 4.69) is 4.98 Å². The Kier molecular flexibility index (Phi) is 1.80. The number of rotatable bonds is 1. The number of fused-ring (bicyclic) bond motifs is 1. The zero-order valence-corrected chi connectivity index (χ0v) is 7.33. The number of carboxylic acid groups (broad SMARTS) is 1. The lowest BCUT2D eigenvalue weighted by Gasteiger charge is -2.05. The maximum atomic E-state index is 11.3. The molecule has 1 aromatic rings. The van der Waals surface area contributed by atoms with Gasteiger partial charge in [-0.25, -0.2) is 4.79 Å². The fourth-order valence-corrected chi connectivity index (χ4v) is 1.89. The first kappa shape index (κ1) is 8.80. The van der Waals surface area contributed by atoms with Crippen molar-refractivity contribution in [3.05, 3.63) is 27.0 Å². The van der Waals surface area contributed by atoms with Crippen LogP contribution in [0.15, 0.2) is 4.79 Å². The predicted octanol–water partition coefficient (Wildman–Crippen LogP) is 0.267. The molecule has 0 aromatic carbocycles. The van der Waals surface area contributed by atoms with Crippen molar-refractivity contribution in [2.75, 3.05) is 0 Å². The zero-order valence-electron chi connectivity index (χ0n) is 7.33. The van der Waals surface area contributed by atoms with Gasteiger partial charge in [-0.15, -0.1) is 0 Å². The Morgan fingerprint density at radius 1 is 1.29 bits per heavy atom. The molecule has 0 atom stereocenters. The van der Waals surface area contributed by atoms with Crippen molar-refractivity contribution in [1.82, 2.24) is 4.98 Å². The molecule has 0 saturated heterocycles.